The Morgan fingerprint density at radius 2 is 2.13 bits per heavy atom. The molecule has 0 spiro atoms. The molecule has 7 heteroatoms. The van der Waals surface area contributed by atoms with Crippen molar-refractivity contribution in [1.29, 1.82) is 0 Å². The summed E-state index contributed by atoms with van der Waals surface area (Å²) in [6.07, 6.45) is 3.29. The van der Waals surface area contributed by atoms with Gasteiger partial charge in [0.15, 0.2) is 0 Å². The highest BCUT2D eigenvalue weighted by atomic mass is 35.5. The zero-order chi connectivity index (χ0) is 15.5. The maximum Gasteiger partial charge on any atom is 0.254 e. The molecule has 2 unspecified atom stereocenters. The van der Waals surface area contributed by atoms with Gasteiger partial charge in [-0.15, -0.1) is 12.4 Å². The number of likely N-dealkylation sites (tertiary alicyclic amines) is 1. The van der Waals surface area contributed by atoms with E-state index in [9.17, 15) is 4.79 Å². The lowest BCUT2D eigenvalue weighted by Crippen LogP contribution is -2.49. The Labute approximate surface area is 141 Å². The maximum atomic E-state index is 12.7. The number of carbonyl (C=O) groups is 1. The molecule has 1 fully saturated rings. The number of halogens is 1. The Balaban J connectivity index is 0.00000192. The van der Waals surface area contributed by atoms with Crippen molar-refractivity contribution in [2.75, 3.05) is 13.1 Å². The fraction of sp³-hybridized carbons (Fsp3) is 0.438. The molecule has 2 N–H and O–H groups in total. The van der Waals surface area contributed by atoms with E-state index in [1.807, 2.05) is 17.0 Å². The number of piperidine rings is 1. The van der Waals surface area contributed by atoms with Crippen molar-refractivity contribution in [3.8, 4) is 11.4 Å². The minimum Gasteiger partial charge on any atom is -0.342 e. The zero-order valence-electron chi connectivity index (χ0n) is 13.0. The van der Waals surface area contributed by atoms with E-state index in [1.54, 1.807) is 12.1 Å². The van der Waals surface area contributed by atoms with Crippen molar-refractivity contribution in [2.45, 2.75) is 25.8 Å². The molecule has 0 aliphatic carbocycles. The molecule has 1 aromatic carbocycles. The van der Waals surface area contributed by atoms with E-state index < -0.39 is 0 Å². The molecule has 1 amide bonds. The molecule has 1 aliphatic rings. The quantitative estimate of drug-likeness (QED) is 0.930. The van der Waals surface area contributed by atoms with Crippen LogP contribution in [0.5, 0.6) is 0 Å². The Kier molecular flexibility index (Phi) is 5.74. The molecule has 6 nitrogen and oxygen atoms in total. The predicted octanol–water partition coefficient (Wildman–Crippen LogP) is 2.36. The third-order valence-corrected chi connectivity index (χ3v) is 4.26. The molecular formula is C16H21ClN4O2. The summed E-state index contributed by atoms with van der Waals surface area (Å²) in [5.41, 5.74) is 7.33. The number of hydrogen-bond acceptors (Lipinski definition) is 5. The SMILES string of the molecule is CC1CCN(C(=O)c2ccc(-c3ncon3)cc2)C(CN)C1.Cl. The molecule has 1 aromatic heterocycles. The van der Waals surface area contributed by atoms with Crippen LogP contribution in [0.4, 0.5) is 0 Å². The van der Waals surface area contributed by atoms with Crippen molar-refractivity contribution in [2.24, 2.45) is 11.7 Å². The van der Waals surface area contributed by atoms with Crippen LogP contribution >= 0.6 is 12.4 Å². The van der Waals surface area contributed by atoms with E-state index in [0.717, 1.165) is 24.9 Å². The maximum absolute atomic E-state index is 12.7. The largest absolute Gasteiger partial charge is 0.342 e. The number of benzene rings is 1. The van der Waals surface area contributed by atoms with Crippen LogP contribution < -0.4 is 5.73 Å². The molecule has 1 saturated heterocycles. The molecule has 124 valence electrons. The van der Waals surface area contributed by atoms with Gasteiger partial charge in [0.25, 0.3) is 5.91 Å². The second-order valence-electron chi connectivity index (χ2n) is 5.85. The fourth-order valence-corrected chi connectivity index (χ4v) is 2.97. The fourth-order valence-electron chi connectivity index (χ4n) is 2.97. The van der Waals surface area contributed by atoms with Crippen molar-refractivity contribution in [1.82, 2.24) is 15.0 Å². The van der Waals surface area contributed by atoms with E-state index in [0.29, 0.717) is 23.9 Å². The molecule has 2 aromatic rings. The molecule has 0 radical (unpaired) electrons. The molecule has 2 atom stereocenters. The highest BCUT2D eigenvalue weighted by Crippen LogP contribution is 2.24. The highest BCUT2D eigenvalue weighted by Gasteiger charge is 2.29. The van der Waals surface area contributed by atoms with Gasteiger partial charge in [-0.3, -0.25) is 4.79 Å². The monoisotopic (exact) mass is 336 g/mol. The molecule has 0 bridgehead atoms. The predicted molar refractivity (Wildman–Crippen MR) is 89.3 cm³/mol. The van der Waals surface area contributed by atoms with Crippen molar-refractivity contribution in [3.05, 3.63) is 36.2 Å². The summed E-state index contributed by atoms with van der Waals surface area (Å²) < 4.78 is 4.73. The number of nitrogens with two attached hydrogens (primary N) is 1. The molecule has 0 saturated carbocycles. The Hall–Kier alpha value is -1.92. The zero-order valence-corrected chi connectivity index (χ0v) is 13.8. The minimum atomic E-state index is 0. The van der Waals surface area contributed by atoms with Gasteiger partial charge >= 0.3 is 0 Å². The van der Waals surface area contributed by atoms with Gasteiger partial charge in [0.05, 0.1) is 0 Å². The normalized spacial score (nSPS) is 20.9. The number of aromatic nitrogens is 2. The van der Waals surface area contributed by atoms with Gasteiger partial charge in [0.2, 0.25) is 12.2 Å². The summed E-state index contributed by atoms with van der Waals surface area (Å²) >= 11 is 0. The highest BCUT2D eigenvalue weighted by molar-refractivity contribution is 5.95. The third kappa shape index (κ3) is 3.71. The second-order valence-corrected chi connectivity index (χ2v) is 5.85. The van der Waals surface area contributed by atoms with E-state index in [1.165, 1.54) is 6.39 Å². The van der Waals surface area contributed by atoms with E-state index in [-0.39, 0.29) is 24.4 Å². The van der Waals surface area contributed by atoms with Gasteiger partial charge in [-0.05, 0) is 30.9 Å². The van der Waals surface area contributed by atoms with Crippen LogP contribution in [0.15, 0.2) is 35.2 Å². The van der Waals surface area contributed by atoms with E-state index in [4.69, 9.17) is 10.3 Å². The van der Waals surface area contributed by atoms with Crippen LogP contribution in [0.25, 0.3) is 11.4 Å². The number of rotatable bonds is 3. The molecule has 2 heterocycles. The summed E-state index contributed by atoms with van der Waals surface area (Å²) in [4.78, 5) is 18.6. The van der Waals surface area contributed by atoms with E-state index >= 15 is 0 Å². The molecule has 23 heavy (non-hydrogen) atoms. The van der Waals surface area contributed by atoms with Gasteiger partial charge in [-0.25, -0.2) is 0 Å². The first kappa shape index (κ1) is 17.4. The smallest absolute Gasteiger partial charge is 0.254 e. The number of hydrogen-bond donors (Lipinski definition) is 1. The van der Waals surface area contributed by atoms with Gasteiger partial charge in [0.1, 0.15) is 0 Å². The Bertz CT molecular complexity index is 630. The minimum absolute atomic E-state index is 0. The van der Waals surface area contributed by atoms with Crippen LogP contribution in [0.1, 0.15) is 30.1 Å². The standard InChI is InChI=1S/C16H20N4O2.ClH/c1-11-6-7-20(14(8-11)9-17)16(21)13-4-2-12(3-5-13)15-18-10-22-19-15;/h2-5,10-11,14H,6-9,17H2,1H3;1H. The lowest BCUT2D eigenvalue weighted by Gasteiger charge is -2.38. The summed E-state index contributed by atoms with van der Waals surface area (Å²) in [5.74, 6) is 1.19. The summed E-state index contributed by atoms with van der Waals surface area (Å²) in [6.45, 7) is 3.50. The van der Waals surface area contributed by atoms with Crippen LogP contribution in [0, 0.1) is 5.92 Å². The van der Waals surface area contributed by atoms with Crippen LogP contribution in [-0.2, 0) is 0 Å². The third-order valence-electron chi connectivity index (χ3n) is 4.26. The second kappa shape index (κ2) is 7.57. The average molecular weight is 337 g/mol. The first-order chi connectivity index (χ1) is 10.7. The number of amides is 1. The first-order valence-electron chi connectivity index (χ1n) is 7.57. The van der Waals surface area contributed by atoms with Crippen molar-refractivity contribution < 1.29 is 9.32 Å². The molecule has 1 aliphatic heterocycles. The first-order valence-corrected chi connectivity index (χ1v) is 7.57. The summed E-state index contributed by atoms with van der Waals surface area (Å²) in [5, 5.41) is 3.79. The van der Waals surface area contributed by atoms with Crippen molar-refractivity contribution >= 4 is 18.3 Å². The summed E-state index contributed by atoms with van der Waals surface area (Å²) in [7, 11) is 0. The van der Waals surface area contributed by atoms with E-state index in [2.05, 4.69) is 17.1 Å². The molecular weight excluding hydrogens is 316 g/mol. The topological polar surface area (TPSA) is 85.2 Å². The van der Waals surface area contributed by atoms with Crippen LogP contribution in [0.3, 0.4) is 0 Å². The van der Waals surface area contributed by atoms with Gasteiger partial charge in [0, 0.05) is 30.3 Å². The van der Waals surface area contributed by atoms with Gasteiger partial charge in [-0.1, -0.05) is 24.2 Å². The molecule has 3 rings (SSSR count). The number of nitrogens with zero attached hydrogens (tertiary/aromatic N) is 3. The average Bonchev–Trinajstić information content (AvgIpc) is 3.08. The summed E-state index contributed by atoms with van der Waals surface area (Å²) in [6, 6.07) is 7.41. The van der Waals surface area contributed by atoms with Crippen LogP contribution in [0.2, 0.25) is 0 Å². The lowest BCUT2D eigenvalue weighted by atomic mass is 9.92. The Morgan fingerprint density at radius 3 is 2.74 bits per heavy atom. The van der Waals surface area contributed by atoms with Crippen LogP contribution in [-0.4, -0.2) is 40.1 Å². The number of carbonyl (C=O) groups excluding carboxylic acids is 1. The lowest BCUT2D eigenvalue weighted by molar-refractivity contribution is 0.0573. The van der Waals surface area contributed by atoms with Gasteiger partial charge in [-0.2, -0.15) is 4.98 Å². The van der Waals surface area contributed by atoms with Gasteiger partial charge < -0.3 is 15.2 Å². The Morgan fingerprint density at radius 1 is 1.39 bits per heavy atom. The van der Waals surface area contributed by atoms with Crippen molar-refractivity contribution in [3.63, 3.8) is 0 Å².